The van der Waals surface area contributed by atoms with E-state index in [0.717, 1.165) is 56.9 Å². The van der Waals surface area contributed by atoms with Crippen molar-refractivity contribution in [2.75, 3.05) is 29.9 Å². The van der Waals surface area contributed by atoms with Gasteiger partial charge >= 0.3 is 0 Å². The average molecular weight is 565 g/mol. The number of nitrogens with one attached hydrogen (secondary N) is 1. The van der Waals surface area contributed by atoms with Crippen LogP contribution in [-0.2, 0) is 4.74 Å². The molecule has 3 heterocycles. The molecule has 2 fully saturated rings. The summed E-state index contributed by atoms with van der Waals surface area (Å²) in [4.78, 5) is 24.7. The van der Waals surface area contributed by atoms with Crippen molar-refractivity contribution in [3.63, 3.8) is 0 Å². The number of hydrogen-bond donors (Lipinski definition) is 1. The van der Waals surface area contributed by atoms with Crippen LogP contribution in [0.3, 0.4) is 0 Å². The maximum absolute atomic E-state index is 13.6. The summed E-state index contributed by atoms with van der Waals surface area (Å²) in [5.74, 6) is -2.17. The third-order valence-corrected chi connectivity index (χ3v) is 8.65. The van der Waals surface area contributed by atoms with Gasteiger partial charge in [-0.05, 0) is 55.9 Å². The fraction of sp³-hybridized carbons (Fsp3) is 0.346. The summed E-state index contributed by atoms with van der Waals surface area (Å²) < 4.78 is 32.8. The zero-order chi connectivity index (χ0) is 26.2. The van der Waals surface area contributed by atoms with Crippen LogP contribution < -0.4 is 10.2 Å². The van der Waals surface area contributed by atoms with E-state index in [9.17, 15) is 13.6 Å². The van der Waals surface area contributed by atoms with Gasteiger partial charge in [0.2, 0.25) is 0 Å². The highest BCUT2D eigenvalue weighted by Crippen LogP contribution is 2.42. The smallest absolute Gasteiger partial charge is 0.257 e. The fourth-order valence-electron chi connectivity index (χ4n) is 4.82. The molecular weight excluding hydrogens is 541 g/mol. The first-order chi connectivity index (χ1) is 17.7. The summed E-state index contributed by atoms with van der Waals surface area (Å²) in [6.07, 6.45) is 7.09. The lowest BCUT2D eigenvalue weighted by atomic mass is 9.77. The predicted molar refractivity (Wildman–Crippen MR) is 141 cm³/mol. The van der Waals surface area contributed by atoms with Crippen molar-refractivity contribution in [1.82, 2.24) is 9.97 Å². The van der Waals surface area contributed by atoms with Gasteiger partial charge < -0.3 is 15.0 Å². The van der Waals surface area contributed by atoms with Crippen LogP contribution in [0.2, 0.25) is 10.0 Å². The molecule has 0 unspecified atom stereocenters. The van der Waals surface area contributed by atoms with E-state index in [1.54, 1.807) is 30.6 Å². The number of carbonyl (C=O) groups excluding carboxylic acids is 1. The minimum Gasteiger partial charge on any atom is -0.378 e. The number of hydrogen-bond acceptors (Lipinski definition) is 6. The summed E-state index contributed by atoms with van der Waals surface area (Å²) in [6.45, 7) is 4.83. The molecule has 1 amide bonds. The minimum absolute atomic E-state index is 0.199. The lowest BCUT2D eigenvalue weighted by molar-refractivity contribution is 0.0975. The largest absolute Gasteiger partial charge is 0.378 e. The third kappa shape index (κ3) is 5.70. The monoisotopic (exact) mass is 564 g/mol. The molecule has 6 nitrogen and oxygen atoms in total. The van der Waals surface area contributed by atoms with Crippen molar-refractivity contribution < 1.29 is 18.3 Å². The lowest BCUT2D eigenvalue weighted by Crippen LogP contribution is -2.41. The number of piperidine rings is 1. The van der Waals surface area contributed by atoms with Gasteiger partial charge in [0.1, 0.15) is 10.8 Å². The topological polar surface area (TPSA) is 67.4 Å². The van der Waals surface area contributed by atoms with Crippen molar-refractivity contribution in [2.24, 2.45) is 5.41 Å². The van der Waals surface area contributed by atoms with E-state index >= 15 is 0 Å². The zero-order valence-electron chi connectivity index (χ0n) is 19.9. The quantitative estimate of drug-likeness (QED) is 0.341. The Bertz CT molecular complexity index is 1320. The molecule has 0 radical (unpaired) electrons. The normalized spacial score (nSPS) is 18.8. The highest BCUT2D eigenvalue weighted by molar-refractivity contribution is 7.99. The summed E-state index contributed by atoms with van der Waals surface area (Å²) in [7, 11) is 0. The molecule has 1 N–H and O–H groups in total. The van der Waals surface area contributed by atoms with Gasteiger partial charge in [0.15, 0.2) is 11.6 Å². The number of halogens is 4. The molecule has 194 valence electrons. The van der Waals surface area contributed by atoms with Gasteiger partial charge in [-0.3, -0.25) is 4.79 Å². The van der Waals surface area contributed by atoms with E-state index in [2.05, 4.69) is 27.1 Å². The first kappa shape index (κ1) is 26.2. The molecule has 0 saturated carbocycles. The van der Waals surface area contributed by atoms with E-state index in [0.29, 0.717) is 27.1 Å². The number of benzene rings is 2. The maximum Gasteiger partial charge on any atom is 0.257 e. The molecule has 2 aliphatic rings. The van der Waals surface area contributed by atoms with Crippen LogP contribution in [0.1, 0.15) is 36.5 Å². The Kier molecular flexibility index (Phi) is 7.58. The first-order valence-corrected chi connectivity index (χ1v) is 13.4. The molecule has 2 aromatic carbocycles. The SMILES string of the molecule is C[C@H]1CC2(CCN(c3cnc(Sc4cccc(NC(=O)c5cc(F)c(F)cc5Cl)c4Cl)cn3)CC2)CO1. The second-order valence-electron chi connectivity index (χ2n) is 9.45. The molecule has 11 heteroatoms. The van der Waals surface area contributed by atoms with Crippen LogP contribution in [0.4, 0.5) is 20.3 Å². The number of carbonyl (C=O) groups is 1. The summed E-state index contributed by atoms with van der Waals surface area (Å²) >= 11 is 13.8. The van der Waals surface area contributed by atoms with E-state index in [-0.39, 0.29) is 15.6 Å². The van der Waals surface area contributed by atoms with Crippen molar-refractivity contribution in [3.05, 3.63) is 70.0 Å². The van der Waals surface area contributed by atoms with Crippen LogP contribution >= 0.6 is 35.0 Å². The van der Waals surface area contributed by atoms with E-state index in [1.165, 1.54) is 11.8 Å². The second kappa shape index (κ2) is 10.7. The summed E-state index contributed by atoms with van der Waals surface area (Å²) in [5.41, 5.74) is 0.399. The first-order valence-electron chi connectivity index (χ1n) is 11.8. The molecule has 2 aliphatic heterocycles. The molecule has 1 spiro atoms. The van der Waals surface area contributed by atoms with Gasteiger partial charge in [0.25, 0.3) is 5.91 Å². The Labute approximate surface area is 227 Å². The van der Waals surface area contributed by atoms with Gasteiger partial charge in [0, 0.05) is 18.0 Å². The standard InChI is InChI=1S/C26H24Cl2F2N4O2S/c1-15-11-26(14-36-15)5-7-34(8-6-26)22-12-32-23(13-31-22)37-21-4-2-3-20(24(21)28)33-25(35)16-9-18(29)19(30)10-17(16)27/h2-4,9-10,12-13,15H,5-8,11,14H2,1H3,(H,33,35)/t15-/m0/s1. The molecular formula is C26H24Cl2F2N4O2S. The minimum atomic E-state index is -1.17. The number of rotatable bonds is 5. The van der Waals surface area contributed by atoms with Gasteiger partial charge in [-0.1, -0.05) is 41.0 Å². The Hall–Kier alpha value is -2.46. The van der Waals surface area contributed by atoms with Crippen LogP contribution in [0.15, 0.2) is 52.6 Å². The summed E-state index contributed by atoms with van der Waals surface area (Å²) in [6, 6.07) is 6.62. The maximum atomic E-state index is 13.6. The van der Waals surface area contributed by atoms with Crippen LogP contribution in [0.25, 0.3) is 0 Å². The molecule has 0 aliphatic carbocycles. The summed E-state index contributed by atoms with van der Waals surface area (Å²) in [5, 5.41) is 3.32. The molecule has 2 saturated heterocycles. The molecule has 1 atom stereocenters. The van der Waals surface area contributed by atoms with E-state index in [4.69, 9.17) is 27.9 Å². The predicted octanol–water partition coefficient (Wildman–Crippen LogP) is 6.86. The van der Waals surface area contributed by atoms with Gasteiger partial charge in [-0.15, -0.1) is 0 Å². The highest BCUT2D eigenvalue weighted by atomic mass is 35.5. The Balaban J connectivity index is 1.24. The zero-order valence-corrected chi connectivity index (χ0v) is 22.3. The molecule has 3 aromatic rings. The molecule has 37 heavy (non-hydrogen) atoms. The molecule has 0 bridgehead atoms. The van der Waals surface area contributed by atoms with E-state index < -0.39 is 17.5 Å². The second-order valence-corrected chi connectivity index (χ2v) is 11.3. The fourth-order valence-corrected chi connectivity index (χ4v) is 6.12. The van der Waals surface area contributed by atoms with Crippen molar-refractivity contribution >= 4 is 52.4 Å². The lowest BCUT2D eigenvalue weighted by Gasteiger charge is -2.38. The van der Waals surface area contributed by atoms with Crippen molar-refractivity contribution in [1.29, 1.82) is 0 Å². The Morgan fingerprint density at radius 1 is 1.16 bits per heavy atom. The number of anilines is 2. The highest BCUT2D eigenvalue weighted by Gasteiger charge is 2.41. The van der Waals surface area contributed by atoms with Crippen LogP contribution in [0, 0.1) is 17.0 Å². The number of aromatic nitrogens is 2. The number of ether oxygens (including phenoxy) is 1. The van der Waals surface area contributed by atoms with Crippen LogP contribution in [0.5, 0.6) is 0 Å². The number of amides is 1. The van der Waals surface area contributed by atoms with Crippen molar-refractivity contribution in [2.45, 2.75) is 42.2 Å². The molecule has 1 aromatic heterocycles. The number of nitrogens with zero attached hydrogens (tertiary/aromatic N) is 3. The Morgan fingerprint density at radius 2 is 1.92 bits per heavy atom. The third-order valence-electron chi connectivity index (χ3n) is 6.84. The Morgan fingerprint density at radius 3 is 2.59 bits per heavy atom. The van der Waals surface area contributed by atoms with Gasteiger partial charge in [0.05, 0.1) is 46.4 Å². The average Bonchev–Trinajstić information content (AvgIpc) is 3.24. The van der Waals surface area contributed by atoms with E-state index in [1.807, 2.05) is 0 Å². The van der Waals surface area contributed by atoms with Crippen molar-refractivity contribution in [3.8, 4) is 0 Å². The van der Waals surface area contributed by atoms with Gasteiger partial charge in [-0.2, -0.15) is 0 Å². The van der Waals surface area contributed by atoms with Gasteiger partial charge in [-0.25, -0.2) is 18.7 Å². The molecule has 5 rings (SSSR count). The van der Waals surface area contributed by atoms with Crippen LogP contribution in [-0.4, -0.2) is 41.7 Å².